The third-order valence-electron chi connectivity index (χ3n) is 3.99. The second-order valence-corrected chi connectivity index (χ2v) is 6.53. The summed E-state index contributed by atoms with van der Waals surface area (Å²) in [6.45, 7) is 5.52. The molecular weight excluding hydrogens is 319 g/mol. The molecule has 122 valence electrons. The van der Waals surface area contributed by atoms with Crippen LogP contribution in [0, 0.1) is 5.95 Å². The molecule has 0 fully saturated rings. The van der Waals surface area contributed by atoms with Crippen LogP contribution in [0.4, 0.5) is 4.39 Å². The van der Waals surface area contributed by atoms with Gasteiger partial charge in [0.05, 0.1) is 16.3 Å². The van der Waals surface area contributed by atoms with Gasteiger partial charge in [-0.1, -0.05) is 25.4 Å². The van der Waals surface area contributed by atoms with Crippen LogP contribution in [0.2, 0.25) is 5.02 Å². The molecule has 2 aromatic rings. The van der Waals surface area contributed by atoms with Gasteiger partial charge in [0.15, 0.2) is 0 Å². The number of rotatable bonds is 3. The number of halogens is 2. The highest BCUT2D eigenvalue weighted by Crippen LogP contribution is 2.20. The lowest BCUT2D eigenvalue weighted by Gasteiger charge is -2.28. The van der Waals surface area contributed by atoms with Crippen molar-refractivity contribution in [2.24, 2.45) is 0 Å². The molecular formula is C16H18ClFN4O. The molecule has 3 heterocycles. The molecule has 0 aromatic carbocycles. The van der Waals surface area contributed by atoms with Crippen LogP contribution in [-0.4, -0.2) is 26.4 Å². The number of pyridine rings is 1. The Bertz CT molecular complexity index is 790. The zero-order chi connectivity index (χ0) is 16.6. The topological polar surface area (TPSA) is 61.9 Å². The van der Waals surface area contributed by atoms with Crippen LogP contribution >= 0.6 is 11.6 Å². The molecule has 0 amide bonds. The Balaban J connectivity index is 1.83. The van der Waals surface area contributed by atoms with Crippen molar-refractivity contribution in [3.63, 3.8) is 0 Å². The number of hydrogen-bond acceptors (Lipinski definition) is 4. The molecule has 0 radical (unpaired) electrons. The van der Waals surface area contributed by atoms with Crippen LogP contribution in [0.15, 0.2) is 17.1 Å². The van der Waals surface area contributed by atoms with Crippen molar-refractivity contribution in [1.82, 2.24) is 19.9 Å². The maximum atomic E-state index is 13.8. The lowest BCUT2D eigenvalue weighted by molar-refractivity contribution is 0.237. The molecule has 0 aliphatic carbocycles. The maximum absolute atomic E-state index is 13.8. The monoisotopic (exact) mass is 336 g/mol. The number of hydrogen-bond donors (Lipinski definition) is 1. The van der Waals surface area contributed by atoms with E-state index in [0.29, 0.717) is 48.0 Å². The largest absolute Gasteiger partial charge is 0.310 e. The fourth-order valence-electron chi connectivity index (χ4n) is 2.72. The first-order chi connectivity index (χ1) is 10.9. The average molecular weight is 337 g/mol. The number of nitrogens with zero attached hydrogens (tertiary/aromatic N) is 3. The standard InChI is InChI=1S/C16H18ClFN4O/c1-9(2)15-20-13-3-4-22(8-12(13)16(23)21-15)7-10-5-11(17)6-19-14(10)18/h5-6,9H,3-4,7-8H2,1-2H3,(H,20,21,23). The molecule has 1 aliphatic heterocycles. The first-order valence-electron chi connectivity index (χ1n) is 7.58. The van der Waals surface area contributed by atoms with Crippen LogP contribution in [0.1, 0.15) is 42.4 Å². The molecule has 1 N–H and O–H groups in total. The highest BCUT2D eigenvalue weighted by atomic mass is 35.5. The van der Waals surface area contributed by atoms with Gasteiger partial charge >= 0.3 is 0 Å². The Morgan fingerprint density at radius 2 is 2.26 bits per heavy atom. The number of aromatic nitrogens is 3. The Kier molecular flexibility index (Phi) is 4.46. The molecule has 0 unspecified atom stereocenters. The number of H-pyrrole nitrogens is 1. The molecule has 23 heavy (non-hydrogen) atoms. The lowest BCUT2D eigenvalue weighted by atomic mass is 10.1. The third-order valence-corrected chi connectivity index (χ3v) is 4.19. The van der Waals surface area contributed by atoms with E-state index >= 15 is 0 Å². The van der Waals surface area contributed by atoms with Crippen LogP contribution in [0.5, 0.6) is 0 Å². The van der Waals surface area contributed by atoms with E-state index in [1.807, 2.05) is 18.7 Å². The Hall–Kier alpha value is -1.79. The van der Waals surface area contributed by atoms with Crippen LogP contribution in [0.25, 0.3) is 0 Å². The fourth-order valence-corrected chi connectivity index (χ4v) is 2.91. The van der Waals surface area contributed by atoms with E-state index in [1.165, 1.54) is 6.20 Å². The van der Waals surface area contributed by atoms with Crippen molar-refractivity contribution < 1.29 is 4.39 Å². The number of nitrogens with one attached hydrogen (secondary N) is 1. The molecule has 3 rings (SSSR count). The summed E-state index contributed by atoms with van der Waals surface area (Å²) in [7, 11) is 0. The van der Waals surface area contributed by atoms with E-state index in [0.717, 1.165) is 5.69 Å². The summed E-state index contributed by atoms with van der Waals surface area (Å²) < 4.78 is 13.8. The molecule has 0 saturated carbocycles. The summed E-state index contributed by atoms with van der Waals surface area (Å²) in [5.41, 5.74) is 1.84. The minimum absolute atomic E-state index is 0.104. The van der Waals surface area contributed by atoms with Gasteiger partial charge in [-0.15, -0.1) is 0 Å². The highest BCUT2D eigenvalue weighted by Gasteiger charge is 2.22. The van der Waals surface area contributed by atoms with E-state index in [1.54, 1.807) is 6.07 Å². The van der Waals surface area contributed by atoms with Gasteiger partial charge in [0.1, 0.15) is 5.82 Å². The number of fused-ring (bicyclic) bond motifs is 1. The molecule has 0 saturated heterocycles. The van der Waals surface area contributed by atoms with E-state index in [-0.39, 0.29) is 11.5 Å². The molecule has 7 heteroatoms. The predicted molar refractivity (Wildman–Crippen MR) is 86.0 cm³/mol. The van der Waals surface area contributed by atoms with Crippen molar-refractivity contribution in [3.8, 4) is 0 Å². The summed E-state index contributed by atoms with van der Waals surface area (Å²) in [6, 6.07) is 1.57. The summed E-state index contributed by atoms with van der Waals surface area (Å²) in [6.07, 6.45) is 1.96. The number of aromatic amines is 1. The second-order valence-electron chi connectivity index (χ2n) is 6.10. The molecule has 0 spiro atoms. The molecule has 0 bridgehead atoms. The normalized spacial score (nSPS) is 15.0. The van der Waals surface area contributed by atoms with Crippen molar-refractivity contribution in [2.45, 2.75) is 39.3 Å². The summed E-state index contributed by atoms with van der Waals surface area (Å²) >= 11 is 5.88. The van der Waals surface area contributed by atoms with Gasteiger partial charge < -0.3 is 4.98 Å². The fraction of sp³-hybridized carbons (Fsp3) is 0.438. The van der Waals surface area contributed by atoms with E-state index in [9.17, 15) is 9.18 Å². The van der Waals surface area contributed by atoms with Gasteiger partial charge in [-0.3, -0.25) is 9.69 Å². The maximum Gasteiger partial charge on any atom is 0.255 e. The van der Waals surface area contributed by atoms with Gasteiger partial charge in [0, 0.05) is 43.7 Å². The first kappa shape index (κ1) is 16.1. The predicted octanol–water partition coefficient (Wildman–Crippen LogP) is 2.64. The second kappa shape index (κ2) is 6.37. The summed E-state index contributed by atoms with van der Waals surface area (Å²) in [5, 5.41) is 0.403. The van der Waals surface area contributed by atoms with Gasteiger partial charge in [-0.2, -0.15) is 4.39 Å². The van der Waals surface area contributed by atoms with E-state index in [2.05, 4.69) is 15.0 Å². The van der Waals surface area contributed by atoms with Crippen LogP contribution < -0.4 is 5.56 Å². The Labute approximate surface area is 138 Å². The Morgan fingerprint density at radius 3 is 3.00 bits per heavy atom. The summed E-state index contributed by atoms with van der Waals surface area (Å²) in [4.78, 5) is 25.3. The third kappa shape index (κ3) is 3.43. The van der Waals surface area contributed by atoms with E-state index in [4.69, 9.17) is 11.6 Å². The minimum atomic E-state index is -0.526. The smallest absolute Gasteiger partial charge is 0.255 e. The van der Waals surface area contributed by atoms with Crippen LogP contribution in [0.3, 0.4) is 0 Å². The van der Waals surface area contributed by atoms with Crippen molar-refractivity contribution in [1.29, 1.82) is 0 Å². The van der Waals surface area contributed by atoms with Gasteiger partial charge in [-0.05, 0) is 6.07 Å². The molecule has 0 atom stereocenters. The first-order valence-corrected chi connectivity index (χ1v) is 7.96. The average Bonchev–Trinajstić information content (AvgIpc) is 2.51. The highest BCUT2D eigenvalue weighted by molar-refractivity contribution is 6.30. The zero-order valence-corrected chi connectivity index (χ0v) is 13.8. The summed E-state index contributed by atoms with van der Waals surface area (Å²) in [5.74, 6) is 0.368. The van der Waals surface area contributed by atoms with Crippen LogP contribution in [-0.2, 0) is 19.5 Å². The zero-order valence-electron chi connectivity index (χ0n) is 13.1. The van der Waals surface area contributed by atoms with Crippen molar-refractivity contribution in [3.05, 3.63) is 56.2 Å². The van der Waals surface area contributed by atoms with Crippen molar-refractivity contribution >= 4 is 11.6 Å². The molecule has 2 aromatic heterocycles. The van der Waals surface area contributed by atoms with Gasteiger partial charge in [0.25, 0.3) is 5.56 Å². The minimum Gasteiger partial charge on any atom is -0.310 e. The lowest BCUT2D eigenvalue weighted by Crippen LogP contribution is -2.36. The van der Waals surface area contributed by atoms with Crippen molar-refractivity contribution in [2.75, 3.05) is 6.54 Å². The van der Waals surface area contributed by atoms with E-state index < -0.39 is 5.95 Å². The van der Waals surface area contributed by atoms with Gasteiger partial charge in [0.2, 0.25) is 5.95 Å². The molecule has 1 aliphatic rings. The van der Waals surface area contributed by atoms with Gasteiger partial charge in [-0.25, -0.2) is 9.97 Å². The molecule has 5 nitrogen and oxygen atoms in total. The SMILES string of the molecule is CC(C)c1nc2c(c(=O)[nH]1)CN(Cc1cc(Cl)cnc1F)CC2. The quantitative estimate of drug-likeness (QED) is 0.875. The Morgan fingerprint density at radius 1 is 1.48 bits per heavy atom.